The Morgan fingerprint density at radius 3 is 2.40 bits per heavy atom. The fourth-order valence-electron chi connectivity index (χ4n) is 1.39. The van der Waals surface area contributed by atoms with Gasteiger partial charge in [0.1, 0.15) is 0 Å². The van der Waals surface area contributed by atoms with Crippen molar-refractivity contribution in [1.29, 1.82) is 0 Å². The van der Waals surface area contributed by atoms with Crippen molar-refractivity contribution in [3.8, 4) is 0 Å². The van der Waals surface area contributed by atoms with Gasteiger partial charge in [0, 0.05) is 6.42 Å². The van der Waals surface area contributed by atoms with Crippen molar-refractivity contribution in [1.82, 2.24) is 0 Å². The molecule has 1 heterocycles. The highest BCUT2D eigenvalue weighted by molar-refractivity contribution is 6.85. The molecule has 2 N–H and O–H groups in total. The summed E-state index contributed by atoms with van der Waals surface area (Å²) in [7, 11) is -5.55. The summed E-state index contributed by atoms with van der Waals surface area (Å²) in [4.78, 5) is 19.1. The summed E-state index contributed by atoms with van der Waals surface area (Å²) in [6, 6.07) is 0.233. The van der Waals surface area contributed by atoms with Crippen LogP contribution in [0.4, 0.5) is 13.2 Å². The minimum Gasteiger partial charge on any atom is -0.429 e. The molecular weight excluding hydrogens is 245 g/mol. The maximum Gasteiger partial charge on any atom is 0.389 e. The molecular formula is C7H15F3O3Si2. The van der Waals surface area contributed by atoms with Crippen LogP contribution >= 0.6 is 0 Å². The van der Waals surface area contributed by atoms with Gasteiger partial charge in [-0.2, -0.15) is 13.2 Å². The molecule has 0 aromatic rings. The van der Waals surface area contributed by atoms with Gasteiger partial charge < -0.3 is 14.0 Å². The van der Waals surface area contributed by atoms with Crippen molar-refractivity contribution in [3.05, 3.63) is 0 Å². The van der Waals surface area contributed by atoms with Gasteiger partial charge in [-0.25, -0.2) is 0 Å². The van der Waals surface area contributed by atoms with Crippen LogP contribution in [0.1, 0.15) is 6.42 Å². The molecule has 90 valence electrons. The average molecular weight is 260 g/mol. The van der Waals surface area contributed by atoms with E-state index in [2.05, 4.69) is 0 Å². The molecule has 1 aliphatic heterocycles. The number of rotatable bonds is 4. The van der Waals surface area contributed by atoms with Gasteiger partial charge in [0.25, 0.3) is 0 Å². The highest BCUT2D eigenvalue weighted by atomic mass is 28.4. The van der Waals surface area contributed by atoms with Crippen molar-refractivity contribution in [2.24, 2.45) is 0 Å². The summed E-state index contributed by atoms with van der Waals surface area (Å²) >= 11 is 0. The zero-order valence-electron chi connectivity index (χ0n) is 8.64. The van der Waals surface area contributed by atoms with Gasteiger partial charge in [-0.1, -0.05) is 0 Å². The first-order valence-corrected chi connectivity index (χ1v) is 9.97. The number of hydrogen-bond donors (Lipinski definition) is 2. The van der Waals surface area contributed by atoms with Crippen molar-refractivity contribution in [2.45, 2.75) is 37.3 Å². The number of alkyl halides is 3. The van der Waals surface area contributed by atoms with E-state index in [-0.39, 0.29) is 12.3 Å². The summed E-state index contributed by atoms with van der Waals surface area (Å²) in [6.07, 6.45) is -5.20. The Morgan fingerprint density at radius 2 is 2.00 bits per heavy atom. The average Bonchev–Trinajstić information content (AvgIpc) is 2.54. The predicted molar refractivity (Wildman–Crippen MR) is 52.9 cm³/mol. The molecule has 0 aliphatic carbocycles. The van der Waals surface area contributed by atoms with E-state index in [1.807, 2.05) is 0 Å². The van der Waals surface area contributed by atoms with Crippen molar-refractivity contribution in [2.75, 3.05) is 6.23 Å². The second-order valence-electron chi connectivity index (χ2n) is 4.56. The van der Waals surface area contributed by atoms with E-state index in [9.17, 15) is 22.8 Å². The summed E-state index contributed by atoms with van der Waals surface area (Å²) in [5.41, 5.74) is -0.645. The Labute approximate surface area is 88.3 Å². The fraction of sp³-hybridized carbons (Fsp3) is 1.00. The largest absolute Gasteiger partial charge is 0.429 e. The standard InChI is InChI=1S/C7H15F3O3Si2/c1-14(2,11)13-5-15(12)4-6(15)3-7(8,9)10/h6,11-12H,3-5H2,1-2H3/t6?,15-/m1/s1. The second kappa shape index (κ2) is 3.84. The molecule has 0 spiro atoms. The van der Waals surface area contributed by atoms with Gasteiger partial charge >= 0.3 is 14.7 Å². The molecule has 0 saturated carbocycles. The van der Waals surface area contributed by atoms with Gasteiger partial charge in [0.2, 0.25) is 8.32 Å². The van der Waals surface area contributed by atoms with E-state index in [0.29, 0.717) is 0 Å². The zero-order valence-corrected chi connectivity index (χ0v) is 10.6. The lowest BCUT2D eigenvalue weighted by molar-refractivity contribution is -0.133. The molecule has 3 nitrogen and oxygen atoms in total. The summed E-state index contributed by atoms with van der Waals surface area (Å²) in [5.74, 6) is 0. The van der Waals surface area contributed by atoms with Crippen LogP contribution in [0.2, 0.25) is 24.7 Å². The molecule has 1 unspecified atom stereocenters. The normalized spacial score (nSPS) is 31.8. The van der Waals surface area contributed by atoms with E-state index in [1.165, 1.54) is 13.1 Å². The predicted octanol–water partition coefficient (Wildman–Crippen LogP) is 1.51. The van der Waals surface area contributed by atoms with Crippen LogP contribution in [-0.2, 0) is 4.43 Å². The highest BCUT2D eigenvalue weighted by Crippen LogP contribution is 2.52. The van der Waals surface area contributed by atoms with Gasteiger partial charge in [-0.05, 0) is 24.7 Å². The monoisotopic (exact) mass is 260 g/mol. The molecule has 0 aromatic heterocycles. The number of halogens is 3. The third-order valence-corrected chi connectivity index (χ3v) is 6.74. The molecule has 1 saturated heterocycles. The molecule has 0 amide bonds. The van der Waals surface area contributed by atoms with E-state index in [0.717, 1.165) is 0 Å². The first-order chi connectivity index (χ1) is 6.52. The minimum atomic E-state index is -4.21. The van der Waals surface area contributed by atoms with Gasteiger partial charge in [0.05, 0.1) is 6.23 Å². The topological polar surface area (TPSA) is 49.7 Å². The Balaban J connectivity index is 2.33. The summed E-state index contributed by atoms with van der Waals surface area (Å²) in [5, 5.41) is 0. The van der Waals surface area contributed by atoms with E-state index in [4.69, 9.17) is 4.43 Å². The number of hydrogen-bond acceptors (Lipinski definition) is 3. The smallest absolute Gasteiger partial charge is 0.389 e. The fourth-order valence-corrected chi connectivity index (χ4v) is 6.35. The molecule has 0 bridgehead atoms. The molecule has 1 rings (SSSR count). The lowest BCUT2D eigenvalue weighted by atomic mass is 10.3. The second-order valence-corrected chi connectivity index (χ2v) is 11.5. The van der Waals surface area contributed by atoms with Crippen LogP contribution < -0.4 is 0 Å². The molecule has 1 fully saturated rings. The molecule has 0 radical (unpaired) electrons. The molecule has 2 atom stereocenters. The first kappa shape index (κ1) is 13.2. The van der Waals surface area contributed by atoms with Gasteiger partial charge in [-0.15, -0.1) is 0 Å². The highest BCUT2D eigenvalue weighted by Gasteiger charge is 2.60. The van der Waals surface area contributed by atoms with Gasteiger partial charge in [0.15, 0.2) is 0 Å². The molecule has 8 heteroatoms. The first-order valence-electron chi connectivity index (χ1n) is 4.67. The minimum absolute atomic E-state index is 0.0660. The third kappa shape index (κ3) is 4.64. The third-order valence-electron chi connectivity index (χ3n) is 2.35. The van der Waals surface area contributed by atoms with Crippen LogP contribution in [0, 0.1) is 0 Å². The maximum atomic E-state index is 12.0. The van der Waals surface area contributed by atoms with Crippen molar-refractivity contribution >= 4 is 16.9 Å². The molecule has 15 heavy (non-hydrogen) atoms. The van der Waals surface area contributed by atoms with Crippen molar-refractivity contribution in [3.63, 3.8) is 0 Å². The van der Waals surface area contributed by atoms with Crippen LogP contribution in [-0.4, -0.2) is 38.9 Å². The van der Waals surface area contributed by atoms with Crippen LogP contribution in [0.15, 0.2) is 0 Å². The SMILES string of the molecule is C[Si](C)(O)OC[Si@]1(O)CC1CC(F)(F)F. The van der Waals surface area contributed by atoms with E-state index < -0.39 is 35.0 Å². The lowest BCUT2D eigenvalue weighted by Crippen LogP contribution is -2.37. The molecule has 1 aliphatic rings. The van der Waals surface area contributed by atoms with Crippen LogP contribution in [0.25, 0.3) is 0 Å². The van der Waals surface area contributed by atoms with Crippen molar-refractivity contribution < 1.29 is 27.2 Å². The van der Waals surface area contributed by atoms with Crippen LogP contribution in [0.5, 0.6) is 0 Å². The quantitative estimate of drug-likeness (QED) is 0.753. The zero-order chi connectivity index (χ0) is 11.9. The summed E-state index contributed by atoms with van der Waals surface area (Å²) in [6.45, 7) is 3.04. The maximum absolute atomic E-state index is 12.0. The summed E-state index contributed by atoms with van der Waals surface area (Å²) < 4.78 is 41.0. The Kier molecular flexibility index (Phi) is 3.37. The Morgan fingerprint density at radius 1 is 1.47 bits per heavy atom. The van der Waals surface area contributed by atoms with Crippen LogP contribution in [0.3, 0.4) is 0 Å². The Hall–Kier alpha value is 0.104. The van der Waals surface area contributed by atoms with E-state index >= 15 is 0 Å². The van der Waals surface area contributed by atoms with E-state index in [1.54, 1.807) is 0 Å². The molecule has 0 aromatic carbocycles. The Bertz CT molecular complexity index is 241. The lowest BCUT2D eigenvalue weighted by Gasteiger charge is -2.17. The van der Waals surface area contributed by atoms with Gasteiger partial charge in [-0.3, -0.25) is 0 Å².